The van der Waals surface area contributed by atoms with Crippen LogP contribution in [0, 0.1) is 0 Å². The highest BCUT2D eigenvalue weighted by atomic mass is 79.9. The van der Waals surface area contributed by atoms with Gasteiger partial charge in [0.1, 0.15) is 0 Å². The molecule has 2 aromatic carbocycles. The van der Waals surface area contributed by atoms with Crippen molar-refractivity contribution in [2.45, 2.75) is 35.6 Å². The minimum Gasteiger partial charge on any atom is -0.327 e. The molecule has 0 bridgehead atoms. The van der Waals surface area contributed by atoms with Crippen molar-refractivity contribution in [2.75, 3.05) is 0 Å². The fourth-order valence-electron chi connectivity index (χ4n) is 1.85. The molecule has 0 saturated heterocycles. The highest BCUT2D eigenvalue weighted by Crippen LogP contribution is 2.37. The topological polar surface area (TPSA) is 26.0 Å². The summed E-state index contributed by atoms with van der Waals surface area (Å²) in [5.74, 6) is 0. The molecule has 1 unspecified atom stereocenters. The maximum atomic E-state index is 6.38. The summed E-state index contributed by atoms with van der Waals surface area (Å²) >= 11 is 11.6. The summed E-state index contributed by atoms with van der Waals surface area (Å²) in [5, 5.41) is 0.784. The zero-order valence-electron chi connectivity index (χ0n) is 11.3. The van der Waals surface area contributed by atoms with E-state index in [4.69, 9.17) is 17.3 Å². The number of rotatable bonds is 5. The lowest BCUT2D eigenvalue weighted by molar-refractivity contribution is 0.646. The molecule has 20 heavy (non-hydrogen) atoms. The Kier molecular flexibility index (Phi) is 5.97. The molecule has 0 spiro atoms. The van der Waals surface area contributed by atoms with Crippen molar-refractivity contribution in [1.29, 1.82) is 0 Å². The molecule has 0 aliphatic heterocycles. The van der Waals surface area contributed by atoms with Gasteiger partial charge in [0.05, 0.1) is 5.02 Å². The predicted octanol–water partition coefficient (Wildman–Crippen LogP) is 5.53. The van der Waals surface area contributed by atoms with Gasteiger partial charge in [-0.05, 0) is 58.6 Å². The van der Waals surface area contributed by atoms with Crippen LogP contribution in [-0.2, 0) is 6.42 Å². The molecule has 0 aliphatic carbocycles. The van der Waals surface area contributed by atoms with Crippen LogP contribution in [-0.4, -0.2) is 6.04 Å². The first-order valence-corrected chi connectivity index (χ1v) is 8.55. The monoisotopic (exact) mass is 369 g/mol. The molecule has 1 atom stereocenters. The van der Waals surface area contributed by atoms with Gasteiger partial charge < -0.3 is 5.73 Å². The zero-order valence-corrected chi connectivity index (χ0v) is 14.4. The summed E-state index contributed by atoms with van der Waals surface area (Å²) in [5.41, 5.74) is 7.18. The molecule has 2 N–H and O–H groups in total. The van der Waals surface area contributed by atoms with E-state index >= 15 is 0 Å². The largest absolute Gasteiger partial charge is 0.327 e. The number of halogens is 2. The molecular weight excluding hydrogens is 354 g/mol. The van der Waals surface area contributed by atoms with Crippen LogP contribution in [0.15, 0.2) is 56.7 Å². The molecule has 4 heteroatoms. The van der Waals surface area contributed by atoms with Crippen LogP contribution in [0.2, 0.25) is 5.02 Å². The van der Waals surface area contributed by atoms with E-state index < -0.39 is 0 Å². The van der Waals surface area contributed by atoms with E-state index in [1.54, 1.807) is 11.8 Å². The second kappa shape index (κ2) is 7.51. The normalized spacial score (nSPS) is 12.4. The fourth-order valence-corrected chi connectivity index (χ4v) is 3.54. The Morgan fingerprint density at radius 1 is 1.20 bits per heavy atom. The summed E-state index contributed by atoms with van der Waals surface area (Å²) in [7, 11) is 0. The Bertz CT molecular complexity index is 588. The Hall–Kier alpha value is -0.480. The first-order valence-electron chi connectivity index (χ1n) is 6.56. The lowest BCUT2D eigenvalue weighted by Gasteiger charge is -2.11. The van der Waals surface area contributed by atoms with Gasteiger partial charge in [-0.2, -0.15) is 0 Å². The summed E-state index contributed by atoms with van der Waals surface area (Å²) in [6.45, 7) is 2.10. The molecule has 0 aliphatic rings. The third kappa shape index (κ3) is 4.26. The van der Waals surface area contributed by atoms with Gasteiger partial charge in [-0.15, -0.1) is 0 Å². The van der Waals surface area contributed by atoms with Gasteiger partial charge in [-0.25, -0.2) is 0 Å². The summed E-state index contributed by atoms with van der Waals surface area (Å²) in [6, 6.07) is 14.5. The molecular formula is C16H17BrClNS. The molecule has 0 saturated carbocycles. The molecule has 0 fully saturated rings. The highest BCUT2D eigenvalue weighted by Gasteiger charge is 2.08. The highest BCUT2D eigenvalue weighted by molar-refractivity contribution is 9.10. The van der Waals surface area contributed by atoms with Crippen LogP contribution in [0.5, 0.6) is 0 Å². The van der Waals surface area contributed by atoms with E-state index in [1.165, 1.54) is 5.56 Å². The first kappa shape index (κ1) is 15.9. The van der Waals surface area contributed by atoms with Crippen molar-refractivity contribution in [1.82, 2.24) is 0 Å². The quantitative estimate of drug-likeness (QED) is 0.748. The van der Waals surface area contributed by atoms with E-state index in [-0.39, 0.29) is 6.04 Å². The SMILES string of the molecule is CCC(N)Cc1ccc(Sc2ccccc2Br)c(Cl)c1. The van der Waals surface area contributed by atoms with Crippen molar-refractivity contribution in [2.24, 2.45) is 5.73 Å². The second-order valence-corrected chi connectivity index (χ2v) is 7.02. The van der Waals surface area contributed by atoms with Gasteiger partial charge in [-0.1, -0.05) is 48.5 Å². The van der Waals surface area contributed by atoms with Gasteiger partial charge in [-0.3, -0.25) is 0 Å². The van der Waals surface area contributed by atoms with E-state index in [0.717, 1.165) is 32.1 Å². The van der Waals surface area contributed by atoms with E-state index in [0.29, 0.717) is 0 Å². The molecule has 2 rings (SSSR count). The summed E-state index contributed by atoms with van der Waals surface area (Å²) < 4.78 is 1.08. The van der Waals surface area contributed by atoms with Gasteiger partial charge >= 0.3 is 0 Å². The van der Waals surface area contributed by atoms with E-state index in [1.807, 2.05) is 24.3 Å². The van der Waals surface area contributed by atoms with Crippen LogP contribution >= 0.6 is 39.3 Å². The average Bonchev–Trinajstić information content (AvgIpc) is 2.44. The number of benzene rings is 2. The maximum absolute atomic E-state index is 6.38. The molecule has 0 heterocycles. The maximum Gasteiger partial charge on any atom is 0.0548 e. The van der Waals surface area contributed by atoms with Crippen LogP contribution in [0.25, 0.3) is 0 Å². The molecule has 106 valence electrons. The van der Waals surface area contributed by atoms with Crippen molar-refractivity contribution < 1.29 is 0 Å². The summed E-state index contributed by atoms with van der Waals surface area (Å²) in [6.07, 6.45) is 1.85. The Morgan fingerprint density at radius 2 is 1.95 bits per heavy atom. The second-order valence-electron chi connectivity index (χ2n) is 4.67. The van der Waals surface area contributed by atoms with E-state index in [9.17, 15) is 0 Å². The first-order chi connectivity index (χ1) is 9.60. The standard InChI is InChI=1S/C16H17BrClNS/c1-2-12(19)9-11-7-8-16(14(18)10-11)20-15-6-4-3-5-13(15)17/h3-8,10,12H,2,9,19H2,1H3. The molecule has 0 amide bonds. The van der Waals surface area contributed by atoms with Crippen LogP contribution in [0.1, 0.15) is 18.9 Å². The number of hydrogen-bond donors (Lipinski definition) is 1. The lowest BCUT2D eigenvalue weighted by atomic mass is 10.1. The van der Waals surface area contributed by atoms with Crippen molar-refractivity contribution >= 4 is 39.3 Å². The van der Waals surface area contributed by atoms with Gasteiger partial charge in [0.2, 0.25) is 0 Å². The van der Waals surface area contributed by atoms with Crippen LogP contribution in [0.3, 0.4) is 0 Å². The Labute approximate surface area is 138 Å². The Balaban J connectivity index is 2.16. The average molecular weight is 371 g/mol. The van der Waals surface area contributed by atoms with Gasteiger partial charge in [0.25, 0.3) is 0 Å². The molecule has 1 nitrogen and oxygen atoms in total. The minimum atomic E-state index is 0.202. The van der Waals surface area contributed by atoms with Crippen LogP contribution < -0.4 is 5.73 Å². The third-order valence-electron chi connectivity index (χ3n) is 3.08. The Morgan fingerprint density at radius 3 is 2.60 bits per heavy atom. The van der Waals surface area contributed by atoms with Gasteiger partial charge in [0, 0.05) is 20.3 Å². The fraction of sp³-hybridized carbons (Fsp3) is 0.250. The summed E-state index contributed by atoms with van der Waals surface area (Å²) in [4.78, 5) is 2.22. The lowest BCUT2D eigenvalue weighted by Crippen LogP contribution is -2.21. The van der Waals surface area contributed by atoms with E-state index in [2.05, 4.69) is 41.1 Å². The molecule has 0 radical (unpaired) electrons. The van der Waals surface area contributed by atoms with Crippen molar-refractivity contribution in [3.05, 3.63) is 57.5 Å². The number of hydrogen-bond acceptors (Lipinski definition) is 2. The molecule has 0 aromatic heterocycles. The van der Waals surface area contributed by atoms with Gasteiger partial charge in [0.15, 0.2) is 0 Å². The van der Waals surface area contributed by atoms with Crippen LogP contribution in [0.4, 0.5) is 0 Å². The van der Waals surface area contributed by atoms with Crippen molar-refractivity contribution in [3.8, 4) is 0 Å². The third-order valence-corrected chi connectivity index (χ3v) is 5.61. The van der Waals surface area contributed by atoms with Crippen molar-refractivity contribution in [3.63, 3.8) is 0 Å². The predicted molar refractivity (Wildman–Crippen MR) is 91.7 cm³/mol. The smallest absolute Gasteiger partial charge is 0.0548 e. The zero-order chi connectivity index (χ0) is 14.5. The minimum absolute atomic E-state index is 0.202. The molecule has 2 aromatic rings. The number of nitrogens with two attached hydrogens (primary N) is 1.